The maximum atomic E-state index is 12.3. The van der Waals surface area contributed by atoms with E-state index in [1.165, 1.54) is 0 Å². The summed E-state index contributed by atoms with van der Waals surface area (Å²) in [7, 11) is 0. The highest BCUT2D eigenvalue weighted by Gasteiger charge is 2.35. The first-order valence-electron chi connectivity index (χ1n) is 5.29. The molecule has 1 aromatic rings. The Kier molecular flexibility index (Phi) is 2.95. The predicted molar refractivity (Wildman–Crippen MR) is 62.7 cm³/mol. The SMILES string of the molecule is CC1(C)CNCCN(c2ccc(Cl)o2)C1=O. The van der Waals surface area contributed by atoms with E-state index >= 15 is 0 Å². The van der Waals surface area contributed by atoms with Crippen LogP contribution in [-0.4, -0.2) is 25.5 Å². The number of rotatable bonds is 1. The van der Waals surface area contributed by atoms with E-state index in [1.54, 1.807) is 17.0 Å². The minimum atomic E-state index is -0.421. The molecule has 5 heteroatoms. The highest BCUT2D eigenvalue weighted by atomic mass is 35.5. The summed E-state index contributed by atoms with van der Waals surface area (Å²) in [6.45, 7) is 5.88. The van der Waals surface area contributed by atoms with Crippen LogP contribution in [0.3, 0.4) is 0 Å². The van der Waals surface area contributed by atoms with Crippen LogP contribution < -0.4 is 10.2 Å². The number of carbonyl (C=O) groups is 1. The fourth-order valence-electron chi connectivity index (χ4n) is 1.79. The van der Waals surface area contributed by atoms with Crippen molar-refractivity contribution in [2.45, 2.75) is 13.8 Å². The van der Waals surface area contributed by atoms with Crippen molar-refractivity contribution in [2.75, 3.05) is 24.5 Å². The molecule has 0 spiro atoms. The van der Waals surface area contributed by atoms with Gasteiger partial charge in [0, 0.05) is 25.7 Å². The minimum Gasteiger partial charge on any atom is -0.429 e. The van der Waals surface area contributed by atoms with Crippen LogP contribution in [0.5, 0.6) is 0 Å². The molecule has 16 heavy (non-hydrogen) atoms. The van der Waals surface area contributed by atoms with Crippen molar-refractivity contribution in [3.63, 3.8) is 0 Å². The van der Waals surface area contributed by atoms with Crippen molar-refractivity contribution in [1.29, 1.82) is 0 Å². The molecular weight excluding hydrogens is 228 g/mol. The summed E-state index contributed by atoms with van der Waals surface area (Å²) in [5.41, 5.74) is -0.421. The number of amides is 1. The zero-order chi connectivity index (χ0) is 11.8. The van der Waals surface area contributed by atoms with Crippen LogP contribution in [0.1, 0.15) is 13.8 Å². The van der Waals surface area contributed by atoms with Gasteiger partial charge in [0.05, 0.1) is 5.41 Å². The average molecular weight is 243 g/mol. The summed E-state index contributed by atoms with van der Waals surface area (Å²) in [6, 6.07) is 3.37. The van der Waals surface area contributed by atoms with Crippen LogP contribution in [0.15, 0.2) is 16.5 Å². The highest BCUT2D eigenvalue weighted by Crippen LogP contribution is 2.27. The van der Waals surface area contributed by atoms with E-state index in [2.05, 4.69) is 5.32 Å². The lowest BCUT2D eigenvalue weighted by molar-refractivity contribution is -0.126. The van der Waals surface area contributed by atoms with Gasteiger partial charge >= 0.3 is 0 Å². The average Bonchev–Trinajstić information content (AvgIpc) is 2.58. The summed E-state index contributed by atoms with van der Waals surface area (Å²) in [5, 5.41) is 3.54. The van der Waals surface area contributed by atoms with E-state index < -0.39 is 5.41 Å². The molecule has 1 saturated heterocycles. The third-order valence-corrected chi connectivity index (χ3v) is 2.93. The summed E-state index contributed by atoms with van der Waals surface area (Å²) < 4.78 is 5.29. The molecular formula is C11H15ClN2O2. The Hall–Kier alpha value is -1.00. The Morgan fingerprint density at radius 1 is 1.50 bits per heavy atom. The number of halogens is 1. The predicted octanol–water partition coefficient (Wildman–Crippen LogP) is 1.90. The maximum Gasteiger partial charge on any atom is 0.236 e. The largest absolute Gasteiger partial charge is 0.429 e. The van der Waals surface area contributed by atoms with E-state index in [1.807, 2.05) is 13.8 Å². The summed E-state index contributed by atoms with van der Waals surface area (Å²) >= 11 is 5.72. The van der Waals surface area contributed by atoms with Crippen LogP contribution in [0.25, 0.3) is 0 Å². The highest BCUT2D eigenvalue weighted by molar-refractivity contribution is 6.29. The Morgan fingerprint density at radius 2 is 2.25 bits per heavy atom. The molecule has 0 unspecified atom stereocenters. The summed E-state index contributed by atoms with van der Waals surface area (Å²) in [5.74, 6) is 0.579. The Morgan fingerprint density at radius 3 is 2.88 bits per heavy atom. The molecule has 0 radical (unpaired) electrons. The van der Waals surface area contributed by atoms with Gasteiger partial charge in [-0.05, 0) is 31.5 Å². The molecule has 0 aliphatic carbocycles. The number of hydrogen-bond donors (Lipinski definition) is 1. The molecule has 1 aromatic heterocycles. The maximum absolute atomic E-state index is 12.3. The number of carbonyl (C=O) groups excluding carboxylic acids is 1. The van der Waals surface area contributed by atoms with Crippen molar-refractivity contribution >= 4 is 23.4 Å². The van der Waals surface area contributed by atoms with E-state index in [-0.39, 0.29) is 5.91 Å². The van der Waals surface area contributed by atoms with Crippen LogP contribution in [0.2, 0.25) is 5.22 Å². The standard InChI is InChI=1S/C11H15ClN2O2/c1-11(2)7-13-5-6-14(10(11)15)9-4-3-8(12)16-9/h3-4,13H,5-7H2,1-2H3. The third-order valence-electron chi connectivity index (χ3n) is 2.73. The Labute approximate surface area is 99.5 Å². The van der Waals surface area contributed by atoms with E-state index in [0.717, 1.165) is 6.54 Å². The van der Waals surface area contributed by atoms with Crippen molar-refractivity contribution < 1.29 is 9.21 Å². The van der Waals surface area contributed by atoms with Gasteiger partial charge in [-0.15, -0.1) is 0 Å². The number of hydrogen-bond acceptors (Lipinski definition) is 3. The van der Waals surface area contributed by atoms with Gasteiger partial charge in [0.15, 0.2) is 5.22 Å². The lowest BCUT2D eigenvalue weighted by Gasteiger charge is -2.26. The van der Waals surface area contributed by atoms with Crippen LogP contribution in [-0.2, 0) is 4.79 Å². The van der Waals surface area contributed by atoms with E-state index in [9.17, 15) is 4.79 Å². The van der Waals surface area contributed by atoms with Crippen LogP contribution in [0, 0.1) is 5.41 Å². The molecule has 2 heterocycles. The molecule has 0 atom stereocenters. The fraction of sp³-hybridized carbons (Fsp3) is 0.545. The van der Waals surface area contributed by atoms with Gasteiger partial charge in [0.2, 0.25) is 11.8 Å². The van der Waals surface area contributed by atoms with E-state index in [0.29, 0.717) is 24.2 Å². The Balaban J connectivity index is 2.29. The first-order chi connectivity index (χ1) is 7.50. The number of furan rings is 1. The molecule has 88 valence electrons. The normalized spacial score (nSPS) is 20.9. The second kappa shape index (κ2) is 4.11. The molecule has 0 aromatic carbocycles. The zero-order valence-electron chi connectivity index (χ0n) is 9.42. The van der Waals surface area contributed by atoms with Crippen molar-refractivity contribution in [1.82, 2.24) is 5.32 Å². The van der Waals surface area contributed by atoms with Gasteiger partial charge in [-0.2, -0.15) is 0 Å². The van der Waals surface area contributed by atoms with Crippen molar-refractivity contribution in [2.24, 2.45) is 5.41 Å². The molecule has 1 aliphatic heterocycles. The number of anilines is 1. The lowest BCUT2D eigenvalue weighted by atomic mass is 9.92. The van der Waals surface area contributed by atoms with E-state index in [4.69, 9.17) is 16.0 Å². The van der Waals surface area contributed by atoms with Crippen LogP contribution in [0.4, 0.5) is 5.88 Å². The van der Waals surface area contributed by atoms with Gasteiger partial charge < -0.3 is 9.73 Å². The number of nitrogens with one attached hydrogen (secondary N) is 1. The molecule has 2 rings (SSSR count). The van der Waals surface area contributed by atoms with Gasteiger partial charge in [0.1, 0.15) is 0 Å². The molecule has 1 fully saturated rings. The van der Waals surface area contributed by atoms with Gasteiger partial charge in [-0.3, -0.25) is 9.69 Å². The molecule has 0 saturated carbocycles. The first kappa shape index (κ1) is 11.5. The second-order valence-electron chi connectivity index (χ2n) is 4.60. The molecule has 1 amide bonds. The molecule has 1 aliphatic rings. The fourth-order valence-corrected chi connectivity index (χ4v) is 1.94. The van der Waals surface area contributed by atoms with Crippen LogP contribution >= 0.6 is 11.6 Å². The van der Waals surface area contributed by atoms with Crippen molar-refractivity contribution in [3.05, 3.63) is 17.4 Å². The molecule has 0 bridgehead atoms. The monoisotopic (exact) mass is 242 g/mol. The second-order valence-corrected chi connectivity index (χ2v) is 4.97. The first-order valence-corrected chi connectivity index (χ1v) is 5.66. The summed E-state index contributed by atoms with van der Waals surface area (Å²) in [6.07, 6.45) is 0. The lowest BCUT2D eigenvalue weighted by Crippen LogP contribution is -2.41. The smallest absolute Gasteiger partial charge is 0.236 e. The molecule has 4 nitrogen and oxygen atoms in total. The van der Waals surface area contributed by atoms with Gasteiger partial charge in [0.25, 0.3) is 0 Å². The molecule has 1 N–H and O–H groups in total. The van der Waals surface area contributed by atoms with Gasteiger partial charge in [-0.25, -0.2) is 0 Å². The Bertz CT molecular complexity index is 400. The van der Waals surface area contributed by atoms with Crippen molar-refractivity contribution in [3.8, 4) is 0 Å². The minimum absolute atomic E-state index is 0.0588. The topological polar surface area (TPSA) is 45.5 Å². The summed E-state index contributed by atoms with van der Waals surface area (Å²) in [4.78, 5) is 13.9. The number of nitrogens with zero attached hydrogens (tertiary/aromatic N) is 1. The van der Waals surface area contributed by atoms with Gasteiger partial charge in [-0.1, -0.05) is 0 Å². The third kappa shape index (κ3) is 2.08. The quantitative estimate of drug-likeness (QED) is 0.818. The zero-order valence-corrected chi connectivity index (χ0v) is 10.2.